The molecule has 174 valence electrons. The third-order valence-electron chi connectivity index (χ3n) is 6.17. The summed E-state index contributed by atoms with van der Waals surface area (Å²) in [6.07, 6.45) is 13.3. The van der Waals surface area contributed by atoms with Crippen LogP contribution in [0.15, 0.2) is 43.1 Å². The van der Waals surface area contributed by atoms with Crippen molar-refractivity contribution in [3.05, 3.63) is 59.3 Å². The molecule has 4 aromatic heterocycles. The van der Waals surface area contributed by atoms with Crippen LogP contribution >= 0.6 is 11.3 Å². The number of aryl methyl sites for hydroxylation is 2. The topological polar surface area (TPSA) is 87.3 Å². The average Bonchev–Trinajstić information content (AvgIpc) is 3.62. The van der Waals surface area contributed by atoms with Crippen molar-refractivity contribution >= 4 is 38.9 Å². The van der Waals surface area contributed by atoms with Gasteiger partial charge in [-0.2, -0.15) is 5.10 Å². The summed E-state index contributed by atoms with van der Waals surface area (Å²) in [6, 6.07) is 2.19. The van der Waals surface area contributed by atoms with Crippen LogP contribution in [0.1, 0.15) is 22.6 Å². The molecule has 2 aliphatic heterocycles. The van der Waals surface area contributed by atoms with Crippen molar-refractivity contribution < 1.29 is 0 Å². The molecule has 0 radical (unpaired) electrons. The van der Waals surface area contributed by atoms with Gasteiger partial charge in [-0.1, -0.05) is 6.08 Å². The molecule has 4 aromatic rings. The third kappa shape index (κ3) is 3.79. The van der Waals surface area contributed by atoms with Crippen LogP contribution in [0.25, 0.3) is 28.1 Å². The highest BCUT2D eigenvalue weighted by atomic mass is 32.1. The standard InChI is InChI=1S/C24H27N9S/c1-15-7-21(34-22(15)18-10-28-32(3)13-18)30-23-24-26-11-20(17-9-27-31(2)12-17)33(24)14-19(29-23)16-5-4-6-25-8-16/h5,7,9,11-14,25,28H,4,6,8,10H2,1-3H3,(H,29,30). The lowest BCUT2D eigenvalue weighted by Gasteiger charge is -2.16. The molecule has 2 aliphatic rings. The summed E-state index contributed by atoms with van der Waals surface area (Å²) in [5.41, 5.74) is 10.8. The number of hydrogen-bond donors (Lipinski definition) is 3. The Morgan fingerprint density at radius 3 is 2.76 bits per heavy atom. The predicted molar refractivity (Wildman–Crippen MR) is 137 cm³/mol. The summed E-state index contributed by atoms with van der Waals surface area (Å²) < 4.78 is 3.93. The normalized spacial score (nSPS) is 16.3. The zero-order valence-corrected chi connectivity index (χ0v) is 20.3. The van der Waals surface area contributed by atoms with Gasteiger partial charge in [0.2, 0.25) is 0 Å². The Hall–Kier alpha value is -3.47. The average molecular weight is 474 g/mol. The fourth-order valence-electron chi connectivity index (χ4n) is 4.49. The van der Waals surface area contributed by atoms with Crippen molar-refractivity contribution in [2.45, 2.75) is 13.3 Å². The molecule has 0 fully saturated rings. The first-order chi connectivity index (χ1) is 16.5. The van der Waals surface area contributed by atoms with Gasteiger partial charge in [0.1, 0.15) is 0 Å². The minimum absolute atomic E-state index is 0.752. The number of rotatable bonds is 5. The van der Waals surface area contributed by atoms with Gasteiger partial charge in [0, 0.05) is 61.8 Å². The maximum atomic E-state index is 5.03. The molecule has 0 bridgehead atoms. The molecule has 0 aliphatic carbocycles. The molecule has 0 saturated carbocycles. The lowest BCUT2D eigenvalue weighted by Crippen LogP contribution is -2.23. The zero-order chi connectivity index (χ0) is 23.2. The Morgan fingerprint density at radius 1 is 1.12 bits per heavy atom. The molecule has 0 atom stereocenters. The van der Waals surface area contributed by atoms with E-state index in [1.165, 1.54) is 21.6 Å². The lowest BCUT2D eigenvalue weighted by atomic mass is 10.1. The zero-order valence-electron chi connectivity index (χ0n) is 19.5. The van der Waals surface area contributed by atoms with Crippen LogP contribution in [0, 0.1) is 6.92 Å². The van der Waals surface area contributed by atoms with E-state index in [4.69, 9.17) is 9.97 Å². The Bertz CT molecular complexity index is 1440. The number of hydrazine groups is 1. The smallest absolute Gasteiger partial charge is 0.181 e. The molecule has 10 heteroatoms. The van der Waals surface area contributed by atoms with Crippen LogP contribution in [0.5, 0.6) is 0 Å². The first-order valence-corrected chi connectivity index (χ1v) is 12.2. The molecule has 34 heavy (non-hydrogen) atoms. The third-order valence-corrected chi connectivity index (χ3v) is 7.40. The molecular formula is C24H27N9S. The minimum atomic E-state index is 0.752. The van der Waals surface area contributed by atoms with E-state index in [1.54, 1.807) is 11.3 Å². The monoisotopic (exact) mass is 473 g/mol. The van der Waals surface area contributed by atoms with Gasteiger partial charge in [-0.3, -0.25) is 9.08 Å². The van der Waals surface area contributed by atoms with Crippen molar-refractivity contribution in [2.24, 2.45) is 7.05 Å². The number of imidazole rings is 1. The summed E-state index contributed by atoms with van der Waals surface area (Å²) in [4.78, 5) is 11.1. The number of hydrogen-bond acceptors (Lipinski definition) is 8. The number of nitrogens with zero attached hydrogens (tertiary/aromatic N) is 6. The van der Waals surface area contributed by atoms with Crippen molar-refractivity contribution in [1.82, 2.24) is 39.9 Å². The fourth-order valence-corrected chi connectivity index (χ4v) is 5.57. The summed E-state index contributed by atoms with van der Waals surface area (Å²) in [6.45, 7) is 4.81. The summed E-state index contributed by atoms with van der Waals surface area (Å²) in [7, 11) is 3.95. The van der Waals surface area contributed by atoms with Gasteiger partial charge in [0.05, 0.1) is 28.8 Å². The Kier molecular flexibility index (Phi) is 5.20. The first kappa shape index (κ1) is 21.1. The number of thiophene rings is 1. The molecule has 0 unspecified atom stereocenters. The predicted octanol–water partition coefficient (Wildman–Crippen LogP) is 3.41. The van der Waals surface area contributed by atoms with E-state index in [9.17, 15) is 0 Å². The van der Waals surface area contributed by atoms with Gasteiger partial charge < -0.3 is 15.6 Å². The molecule has 3 N–H and O–H groups in total. The van der Waals surface area contributed by atoms with Gasteiger partial charge in [0.15, 0.2) is 11.5 Å². The van der Waals surface area contributed by atoms with E-state index in [0.29, 0.717) is 0 Å². The van der Waals surface area contributed by atoms with Crippen LogP contribution in [0.3, 0.4) is 0 Å². The molecular weight excluding hydrogens is 446 g/mol. The van der Waals surface area contributed by atoms with Crippen LogP contribution < -0.4 is 16.1 Å². The van der Waals surface area contributed by atoms with E-state index < -0.39 is 0 Å². The SMILES string of the molecule is Cc1cc(Nc2nc(C3=CCCNC3)cn3c(-c4cnn(C)c4)cnc23)sc1C1=CN(C)NC1. The number of anilines is 2. The fraction of sp³-hybridized carbons (Fsp3) is 0.292. The van der Waals surface area contributed by atoms with Gasteiger partial charge in [-0.15, -0.1) is 11.3 Å². The molecule has 6 rings (SSSR count). The number of nitrogens with one attached hydrogen (secondary N) is 3. The van der Waals surface area contributed by atoms with E-state index >= 15 is 0 Å². The van der Waals surface area contributed by atoms with E-state index in [0.717, 1.165) is 59.5 Å². The highest BCUT2D eigenvalue weighted by Crippen LogP contribution is 2.36. The molecule has 0 spiro atoms. The second-order valence-corrected chi connectivity index (χ2v) is 9.81. The molecule has 0 amide bonds. The van der Waals surface area contributed by atoms with E-state index in [1.807, 2.05) is 42.4 Å². The van der Waals surface area contributed by atoms with Crippen molar-refractivity contribution in [2.75, 3.05) is 32.0 Å². The maximum absolute atomic E-state index is 5.03. The summed E-state index contributed by atoms with van der Waals surface area (Å²) in [5, 5.41) is 14.5. The summed E-state index contributed by atoms with van der Waals surface area (Å²) >= 11 is 1.75. The number of fused-ring (bicyclic) bond motifs is 1. The largest absolute Gasteiger partial charge is 0.329 e. The van der Waals surface area contributed by atoms with Gasteiger partial charge in [-0.05, 0) is 37.1 Å². The lowest BCUT2D eigenvalue weighted by molar-refractivity contribution is 0.374. The Labute approximate surface area is 201 Å². The summed E-state index contributed by atoms with van der Waals surface area (Å²) in [5.74, 6) is 0.752. The second kappa shape index (κ2) is 8.39. The quantitative estimate of drug-likeness (QED) is 0.409. The van der Waals surface area contributed by atoms with E-state index in [-0.39, 0.29) is 0 Å². The Balaban J connectivity index is 1.44. The minimum Gasteiger partial charge on any atom is -0.329 e. The van der Waals surface area contributed by atoms with Gasteiger partial charge >= 0.3 is 0 Å². The van der Waals surface area contributed by atoms with Crippen molar-refractivity contribution in [1.29, 1.82) is 0 Å². The van der Waals surface area contributed by atoms with Crippen LogP contribution in [0.2, 0.25) is 0 Å². The molecule has 9 nitrogen and oxygen atoms in total. The van der Waals surface area contributed by atoms with Crippen LogP contribution in [-0.4, -0.2) is 55.8 Å². The van der Waals surface area contributed by atoms with Gasteiger partial charge in [-0.25, -0.2) is 15.4 Å². The van der Waals surface area contributed by atoms with Crippen LogP contribution in [0.4, 0.5) is 10.8 Å². The Morgan fingerprint density at radius 2 is 2.03 bits per heavy atom. The number of aromatic nitrogens is 5. The highest BCUT2D eigenvalue weighted by Gasteiger charge is 2.19. The molecule has 0 aromatic carbocycles. The second-order valence-electron chi connectivity index (χ2n) is 8.76. The molecule has 6 heterocycles. The van der Waals surface area contributed by atoms with Crippen molar-refractivity contribution in [3.8, 4) is 11.3 Å². The first-order valence-electron chi connectivity index (χ1n) is 11.4. The van der Waals surface area contributed by atoms with Gasteiger partial charge in [0.25, 0.3) is 0 Å². The molecule has 0 saturated heterocycles. The highest BCUT2D eigenvalue weighted by molar-refractivity contribution is 7.17. The van der Waals surface area contributed by atoms with Crippen molar-refractivity contribution in [3.63, 3.8) is 0 Å². The maximum Gasteiger partial charge on any atom is 0.181 e. The van der Waals surface area contributed by atoms with Crippen LogP contribution in [-0.2, 0) is 7.05 Å². The van der Waals surface area contributed by atoms with E-state index in [2.05, 4.69) is 57.0 Å².